The maximum Gasteiger partial charge on any atom is 0.187 e. The van der Waals surface area contributed by atoms with E-state index in [1.165, 1.54) is 18.2 Å². The molecular weight excluding hydrogens is 281 g/mol. The van der Waals surface area contributed by atoms with E-state index in [0.717, 1.165) is 0 Å². The fourth-order valence-corrected chi connectivity index (χ4v) is 2.43. The van der Waals surface area contributed by atoms with Crippen LogP contribution in [0.15, 0.2) is 54.6 Å². The van der Waals surface area contributed by atoms with E-state index in [0.29, 0.717) is 22.6 Å². The highest BCUT2D eigenvalue weighted by molar-refractivity contribution is 6.08. The zero-order valence-electron chi connectivity index (χ0n) is 12.4. The van der Waals surface area contributed by atoms with Gasteiger partial charge >= 0.3 is 0 Å². The summed E-state index contributed by atoms with van der Waals surface area (Å²) in [6.07, 6.45) is 1.52. The molecule has 1 N–H and O–H groups in total. The second-order valence-electron chi connectivity index (χ2n) is 5.67. The highest BCUT2D eigenvalue weighted by atomic mass is 19.1. The number of fused-ring (bicyclic) bond motifs is 1. The summed E-state index contributed by atoms with van der Waals surface area (Å²) in [4.78, 5) is 12.4. The quantitative estimate of drug-likeness (QED) is 0.677. The number of carbonyl (C=O) groups is 1. The molecule has 1 aliphatic rings. The predicted molar refractivity (Wildman–Crippen MR) is 83.0 cm³/mol. The van der Waals surface area contributed by atoms with Gasteiger partial charge in [0.1, 0.15) is 11.6 Å². The molecule has 2 aromatic carbocycles. The monoisotopic (exact) mass is 297 g/mol. The highest BCUT2D eigenvalue weighted by Crippen LogP contribution is 2.34. The first-order valence-corrected chi connectivity index (χ1v) is 7.03. The molecule has 0 aromatic heterocycles. The topological polar surface area (TPSA) is 38.3 Å². The molecule has 0 saturated carbocycles. The third kappa shape index (κ3) is 2.86. The Labute approximate surface area is 128 Å². The predicted octanol–water partition coefficient (Wildman–Crippen LogP) is 3.77. The van der Waals surface area contributed by atoms with Gasteiger partial charge in [-0.25, -0.2) is 4.39 Å². The van der Waals surface area contributed by atoms with Gasteiger partial charge in [0, 0.05) is 23.3 Å². The lowest BCUT2D eigenvalue weighted by molar-refractivity contribution is 0.0812. The molecule has 112 valence electrons. The maximum absolute atomic E-state index is 13.4. The van der Waals surface area contributed by atoms with Gasteiger partial charge in [0.2, 0.25) is 0 Å². The number of ether oxygens (including phenoxy) is 1. The summed E-state index contributed by atoms with van der Waals surface area (Å²) >= 11 is 0. The van der Waals surface area contributed by atoms with Crippen molar-refractivity contribution in [1.29, 1.82) is 0 Å². The fourth-order valence-electron chi connectivity index (χ4n) is 2.43. The van der Waals surface area contributed by atoms with E-state index < -0.39 is 5.72 Å². The number of carbonyl (C=O) groups excluding carboxylic acids is 1. The molecule has 0 spiro atoms. The van der Waals surface area contributed by atoms with Gasteiger partial charge in [0.15, 0.2) is 11.5 Å². The van der Waals surface area contributed by atoms with Crippen LogP contribution in [0.25, 0.3) is 5.70 Å². The molecule has 3 nitrogen and oxygen atoms in total. The van der Waals surface area contributed by atoms with E-state index in [1.54, 1.807) is 18.2 Å². The molecule has 1 heterocycles. The fraction of sp³-hybridized carbons (Fsp3) is 0.167. The lowest BCUT2D eigenvalue weighted by atomic mass is 10.0. The average Bonchev–Trinajstić information content (AvgIpc) is 2.46. The van der Waals surface area contributed by atoms with E-state index >= 15 is 0 Å². The van der Waals surface area contributed by atoms with Crippen molar-refractivity contribution in [2.75, 3.05) is 0 Å². The van der Waals surface area contributed by atoms with Crippen LogP contribution in [0.4, 0.5) is 4.39 Å². The van der Waals surface area contributed by atoms with Crippen molar-refractivity contribution in [1.82, 2.24) is 5.32 Å². The van der Waals surface area contributed by atoms with Crippen LogP contribution in [0, 0.1) is 5.82 Å². The molecule has 0 aliphatic carbocycles. The number of ketones is 1. The van der Waals surface area contributed by atoms with Gasteiger partial charge in [-0.2, -0.15) is 0 Å². The minimum Gasteiger partial charge on any atom is -0.468 e. The third-order valence-corrected chi connectivity index (χ3v) is 3.37. The molecule has 0 unspecified atom stereocenters. The largest absolute Gasteiger partial charge is 0.468 e. The van der Waals surface area contributed by atoms with Crippen LogP contribution in [0.1, 0.15) is 29.8 Å². The van der Waals surface area contributed by atoms with Crippen molar-refractivity contribution >= 4 is 11.5 Å². The van der Waals surface area contributed by atoms with Crippen LogP contribution in [-0.2, 0) is 0 Å². The lowest BCUT2D eigenvalue weighted by Crippen LogP contribution is -2.46. The number of benzene rings is 2. The first-order valence-electron chi connectivity index (χ1n) is 7.03. The van der Waals surface area contributed by atoms with E-state index in [9.17, 15) is 9.18 Å². The first kappa shape index (κ1) is 14.3. The molecule has 22 heavy (non-hydrogen) atoms. The molecule has 1 aliphatic heterocycles. The Morgan fingerprint density at radius 3 is 2.64 bits per heavy atom. The Kier molecular flexibility index (Phi) is 3.45. The average molecular weight is 297 g/mol. The summed E-state index contributed by atoms with van der Waals surface area (Å²) in [6, 6.07) is 13.3. The maximum atomic E-state index is 13.4. The molecule has 0 amide bonds. The molecule has 0 fully saturated rings. The molecule has 4 heteroatoms. The van der Waals surface area contributed by atoms with Gasteiger partial charge in [-0.15, -0.1) is 0 Å². The van der Waals surface area contributed by atoms with Crippen LogP contribution in [-0.4, -0.2) is 11.5 Å². The van der Waals surface area contributed by atoms with Gasteiger partial charge in [0.25, 0.3) is 0 Å². The Morgan fingerprint density at radius 2 is 1.91 bits per heavy atom. The Morgan fingerprint density at radius 1 is 1.18 bits per heavy atom. The van der Waals surface area contributed by atoms with Crippen molar-refractivity contribution in [2.24, 2.45) is 0 Å². The Hall–Kier alpha value is -2.62. The van der Waals surface area contributed by atoms with Gasteiger partial charge in [-0.05, 0) is 26.0 Å². The van der Waals surface area contributed by atoms with Crippen LogP contribution in [0.3, 0.4) is 0 Å². The molecule has 0 saturated heterocycles. The molecular formula is C18H16FNO2. The lowest BCUT2D eigenvalue weighted by Gasteiger charge is -2.36. The summed E-state index contributed by atoms with van der Waals surface area (Å²) in [7, 11) is 0. The van der Waals surface area contributed by atoms with Gasteiger partial charge in [-0.3, -0.25) is 4.79 Å². The zero-order chi connectivity index (χ0) is 15.7. The third-order valence-electron chi connectivity index (χ3n) is 3.37. The van der Waals surface area contributed by atoms with Crippen LogP contribution >= 0.6 is 0 Å². The first-order chi connectivity index (χ1) is 10.4. The number of allylic oxidation sites excluding steroid dienone is 1. The highest BCUT2D eigenvalue weighted by Gasteiger charge is 2.29. The number of hydrogen-bond acceptors (Lipinski definition) is 3. The van der Waals surface area contributed by atoms with E-state index in [4.69, 9.17) is 4.74 Å². The second-order valence-corrected chi connectivity index (χ2v) is 5.67. The van der Waals surface area contributed by atoms with E-state index in [-0.39, 0.29) is 11.6 Å². The minimum absolute atomic E-state index is 0.115. The van der Waals surface area contributed by atoms with Crippen molar-refractivity contribution in [3.8, 4) is 5.75 Å². The number of hydrogen-bond donors (Lipinski definition) is 1. The SMILES string of the molecule is CC1(C)N/C(=C\C(=O)c2ccccc2)c2ccc(F)cc2O1. The van der Waals surface area contributed by atoms with Crippen LogP contribution in [0.5, 0.6) is 5.75 Å². The molecule has 3 rings (SSSR count). The van der Waals surface area contributed by atoms with Gasteiger partial charge in [-0.1, -0.05) is 30.3 Å². The van der Waals surface area contributed by atoms with E-state index in [2.05, 4.69) is 5.32 Å². The molecule has 0 bridgehead atoms. The van der Waals surface area contributed by atoms with Gasteiger partial charge in [0.05, 0.1) is 5.70 Å². The van der Waals surface area contributed by atoms with Crippen LogP contribution < -0.4 is 10.1 Å². The van der Waals surface area contributed by atoms with Crippen LogP contribution in [0.2, 0.25) is 0 Å². The molecule has 0 radical (unpaired) electrons. The number of rotatable bonds is 2. The normalized spacial score (nSPS) is 17.3. The van der Waals surface area contributed by atoms with Crippen molar-refractivity contribution in [3.63, 3.8) is 0 Å². The number of nitrogens with one attached hydrogen (secondary N) is 1. The second kappa shape index (κ2) is 5.30. The van der Waals surface area contributed by atoms with E-state index in [1.807, 2.05) is 32.0 Å². The summed E-state index contributed by atoms with van der Waals surface area (Å²) in [5.41, 5.74) is 1.18. The minimum atomic E-state index is -0.719. The summed E-state index contributed by atoms with van der Waals surface area (Å²) in [5, 5.41) is 3.16. The van der Waals surface area contributed by atoms with Crippen molar-refractivity contribution in [3.05, 3.63) is 71.6 Å². The summed E-state index contributed by atoms with van der Waals surface area (Å²) in [5.74, 6) is -0.0582. The smallest absolute Gasteiger partial charge is 0.187 e. The molecule has 0 atom stereocenters. The van der Waals surface area contributed by atoms with Crippen molar-refractivity contribution < 1.29 is 13.9 Å². The van der Waals surface area contributed by atoms with Crippen molar-refractivity contribution in [2.45, 2.75) is 19.6 Å². The Bertz CT molecular complexity index is 751. The standard InChI is InChI=1S/C18H16FNO2/c1-18(2)20-15(11-16(21)12-6-4-3-5-7-12)14-9-8-13(19)10-17(14)22-18/h3-11,20H,1-2H3/b15-11-. The Balaban J connectivity index is 2.03. The van der Waals surface area contributed by atoms with Gasteiger partial charge < -0.3 is 10.1 Å². The summed E-state index contributed by atoms with van der Waals surface area (Å²) < 4.78 is 19.1. The molecule has 2 aromatic rings. The number of halogens is 1. The zero-order valence-corrected chi connectivity index (χ0v) is 12.4. The summed E-state index contributed by atoms with van der Waals surface area (Å²) in [6.45, 7) is 3.64.